The van der Waals surface area contributed by atoms with E-state index >= 15 is 0 Å². The zero-order valence-corrected chi connectivity index (χ0v) is 12.2. The fourth-order valence-corrected chi connectivity index (χ4v) is 2.36. The number of nitrogen functional groups attached to an aromatic ring is 1. The van der Waals surface area contributed by atoms with Crippen molar-refractivity contribution in [3.05, 3.63) is 42.2 Å². The van der Waals surface area contributed by atoms with Crippen molar-refractivity contribution in [3.63, 3.8) is 0 Å². The molecule has 0 aliphatic rings. The average Bonchev–Trinajstić information content (AvgIpc) is 2.87. The van der Waals surface area contributed by atoms with Crippen LogP contribution in [0.4, 0.5) is 11.4 Å². The molecule has 0 spiro atoms. The van der Waals surface area contributed by atoms with Crippen LogP contribution in [0.2, 0.25) is 0 Å². The molecule has 0 amide bonds. The number of fused-ring (bicyclic) bond motifs is 1. The molecule has 6 heteroatoms. The number of aryl methyl sites for hydroxylation is 2. The standard InChI is InChI=1S/C15H18N6/c1-10-7-11-12(8-18-10)13(16)3-4-14(11)17-6-5-15-20-19-9-21(15)2/h3-4,7-9,17H,5-6,16H2,1-2H3. The summed E-state index contributed by atoms with van der Waals surface area (Å²) in [5.74, 6) is 0.958. The monoisotopic (exact) mass is 282 g/mol. The van der Waals surface area contributed by atoms with E-state index in [1.54, 1.807) is 6.33 Å². The van der Waals surface area contributed by atoms with Crippen LogP contribution < -0.4 is 11.1 Å². The van der Waals surface area contributed by atoms with Crippen LogP contribution in [-0.4, -0.2) is 26.3 Å². The Kier molecular flexibility index (Phi) is 3.43. The van der Waals surface area contributed by atoms with Gasteiger partial charge in [-0.2, -0.15) is 0 Å². The predicted molar refractivity (Wildman–Crippen MR) is 84.1 cm³/mol. The molecule has 2 heterocycles. The molecule has 2 aromatic heterocycles. The lowest BCUT2D eigenvalue weighted by Crippen LogP contribution is -2.09. The van der Waals surface area contributed by atoms with Crippen molar-refractivity contribution in [3.8, 4) is 0 Å². The molecule has 108 valence electrons. The minimum absolute atomic E-state index is 0.747. The highest BCUT2D eigenvalue weighted by Gasteiger charge is 2.06. The maximum Gasteiger partial charge on any atom is 0.134 e. The Hall–Kier alpha value is -2.63. The van der Waals surface area contributed by atoms with E-state index in [1.807, 2.05) is 36.9 Å². The zero-order chi connectivity index (χ0) is 14.8. The number of benzene rings is 1. The Morgan fingerprint density at radius 2 is 2.14 bits per heavy atom. The number of nitrogens with two attached hydrogens (primary N) is 1. The number of hydrogen-bond donors (Lipinski definition) is 2. The summed E-state index contributed by atoms with van der Waals surface area (Å²) in [5, 5.41) is 13.5. The van der Waals surface area contributed by atoms with Crippen molar-refractivity contribution in [1.82, 2.24) is 19.7 Å². The van der Waals surface area contributed by atoms with Gasteiger partial charge in [-0.1, -0.05) is 0 Å². The number of nitrogens with one attached hydrogen (secondary N) is 1. The first-order chi connectivity index (χ1) is 10.1. The summed E-state index contributed by atoms with van der Waals surface area (Å²) in [6.07, 6.45) is 4.35. The van der Waals surface area contributed by atoms with Gasteiger partial charge in [0.1, 0.15) is 12.2 Å². The molecule has 6 nitrogen and oxygen atoms in total. The number of hydrogen-bond acceptors (Lipinski definition) is 5. The summed E-state index contributed by atoms with van der Waals surface area (Å²) in [5.41, 5.74) is 8.80. The van der Waals surface area contributed by atoms with Gasteiger partial charge in [0.2, 0.25) is 0 Å². The summed E-state index contributed by atoms with van der Waals surface area (Å²) in [4.78, 5) is 4.31. The Bertz CT molecular complexity index is 777. The summed E-state index contributed by atoms with van der Waals surface area (Å²) < 4.78 is 1.93. The molecule has 3 N–H and O–H groups in total. The molecule has 0 aliphatic carbocycles. The molecule has 0 saturated carbocycles. The first-order valence-electron chi connectivity index (χ1n) is 6.87. The summed E-state index contributed by atoms with van der Waals surface area (Å²) in [7, 11) is 1.95. The normalized spacial score (nSPS) is 11.0. The highest BCUT2D eigenvalue weighted by molar-refractivity contribution is 6.00. The molecule has 0 saturated heterocycles. The average molecular weight is 282 g/mol. The van der Waals surface area contributed by atoms with Crippen LogP contribution in [0.3, 0.4) is 0 Å². The van der Waals surface area contributed by atoms with Crippen molar-refractivity contribution in [2.24, 2.45) is 7.05 Å². The van der Waals surface area contributed by atoms with E-state index in [2.05, 4.69) is 26.6 Å². The third-order valence-corrected chi connectivity index (χ3v) is 3.54. The molecule has 1 aromatic carbocycles. The third-order valence-electron chi connectivity index (χ3n) is 3.54. The first kappa shape index (κ1) is 13.4. The maximum atomic E-state index is 6.01. The second-order valence-corrected chi connectivity index (χ2v) is 5.11. The maximum absolute atomic E-state index is 6.01. The van der Waals surface area contributed by atoms with Gasteiger partial charge in [-0.15, -0.1) is 10.2 Å². The number of pyridine rings is 1. The van der Waals surface area contributed by atoms with Crippen molar-refractivity contribution in [2.75, 3.05) is 17.6 Å². The van der Waals surface area contributed by atoms with E-state index in [1.165, 1.54) is 0 Å². The van der Waals surface area contributed by atoms with Gasteiger partial charge in [-0.05, 0) is 25.1 Å². The Labute approximate surface area is 123 Å². The predicted octanol–water partition coefficient (Wildman–Crippen LogP) is 1.91. The molecule has 0 bridgehead atoms. The number of anilines is 2. The van der Waals surface area contributed by atoms with Crippen molar-refractivity contribution >= 4 is 22.1 Å². The van der Waals surface area contributed by atoms with E-state index in [0.717, 1.165) is 46.6 Å². The zero-order valence-electron chi connectivity index (χ0n) is 12.2. The molecule has 0 atom stereocenters. The largest absolute Gasteiger partial charge is 0.398 e. The molecule has 0 unspecified atom stereocenters. The van der Waals surface area contributed by atoms with E-state index in [-0.39, 0.29) is 0 Å². The Morgan fingerprint density at radius 3 is 2.90 bits per heavy atom. The minimum Gasteiger partial charge on any atom is -0.398 e. The number of aromatic nitrogens is 4. The number of rotatable bonds is 4. The molecule has 21 heavy (non-hydrogen) atoms. The van der Waals surface area contributed by atoms with Crippen LogP contribution in [0.5, 0.6) is 0 Å². The van der Waals surface area contributed by atoms with Crippen LogP contribution in [-0.2, 0) is 13.5 Å². The van der Waals surface area contributed by atoms with Gasteiger partial charge in [0.25, 0.3) is 0 Å². The highest BCUT2D eigenvalue weighted by atomic mass is 15.2. The first-order valence-corrected chi connectivity index (χ1v) is 6.87. The van der Waals surface area contributed by atoms with Gasteiger partial charge in [0.15, 0.2) is 0 Å². The molecular weight excluding hydrogens is 264 g/mol. The van der Waals surface area contributed by atoms with Gasteiger partial charge >= 0.3 is 0 Å². The Morgan fingerprint density at radius 1 is 1.29 bits per heavy atom. The van der Waals surface area contributed by atoms with Crippen LogP contribution in [0.1, 0.15) is 11.5 Å². The molecule has 3 rings (SSSR count). The minimum atomic E-state index is 0.747. The van der Waals surface area contributed by atoms with Crippen LogP contribution in [0.25, 0.3) is 10.8 Å². The second-order valence-electron chi connectivity index (χ2n) is 5.11. The summed E-state index contributed by atoms with van der Waals surface area (Å²) >= 11 is 0. The highest BCUT2D eigenvalue weighted by Crippen LogP contribution is 2.28. The van der Waals surface area contributed by atoms with Crippen molar-refractivity contribution in [2.45, 2.75) is 13.3 Å². The number of nitrogens with zero attached hydrogens (tertiary/aromatic N) is 4. The van der Waals surface area contributed by atoms with E-state index in [0.29, 0.717) is 0 Å². The summed E-state index contributed by atoms with van der Waals surface area (Å²) in [6, 6.07) is 5.97. The van der Waals surface area contributed by atoms with Gasteiger partial charge in [0.05, 0.1) is 0 Å². The SMILES string of the molecule is Cc1cc2c(NCCc3nncn3C)ccc(N)c2cn1. The van der Waals surface area contributed by atoms with E-state index in [4.69, 9.17) is 5.73 Å². The van der Waals surface area contributed by atoms with Gasteiger partial charge in [-0.3, -0.25) is 4.98 Å². The molecule has 3 aromatic rings. The van der Waals surface area contributed by atoms with Crippen LogP contribution in [0, 0.1) is 6.92 Å². The molecule has 0 fully saturated rings. The molecule has 0 radical (unpaired) electrons. The van der Waals surface area contributed by atoms with Gasteiger partial charge in [-0.25, -0.2) is 0 Å². The van der Waals surface area contributed by atoms with Crippen molar-refractivity contribution < 1.29 is 0 Å². The topological polar surface area (TPSA) is 81.7 Å². The summed E-state index contributed by atoms with van der Waals surface area (Å²) in [6.45, 7) is 2.76. The second kappa shape index (κ2) is 5.40. The van der Waals surface area contributed by atoms with Gasteiger partial charge < -0.3 is 15.6 Å². The van der Waals surface area contributed by atoms with Gasteiger partial charge in [0, 0.05) is 54.1 Å². The Balaban J connectivity index is 1.82. The van der Waals surface area contributed by atoms with Crippen LogP contribution >= 0.6 is 0 Å². The smallest absolute Gasteiger partial charge is 0.134 e. The quantitative estimate of drug-likeness (QED) is 0.714. The van der Waals surface area contributed by atoms with Crippen LogP contribution in [0.15, 0.2) is 30.7 Å². The van der Waals surface area contributed by atoms with Crippen molar-refractivity contribution in [1.29, 1.82) is 0 Å². The molecular formula is C15H18N6. The fraction of sp³-hybridized carbons (Fsp3) is 0.267. The fourth-order valence-electron chi connectivity index (χ4n) is 2.36. The lowest BCUT2D eigenvalue weighted by molar-refractivity contribution is 0.789. The van der Waals surface area contributed by atoms with E-state index in [9.17, 15) is 0 Å². The lowest BCUT2D eigenvalue weighted by Gasteiger charge is -2.11. The lowest BCUT2D eigenvalue weighted by atomic mass is 10.1. The molecule has 0 aliphatic heterocycles. The van der Waals surface area contributed by atoms with E-state index < -0.39 is 0 Å². The third kappa shape index (κ3) is 2.65.